The molecule has 24 heavy (non-hydrogen) atoms. The highest BCUT2D eigenvalue weighted by Crippen LogP contribution is 2.25. The van der Waals surface area contributed by atoms with Crippen molar-refractivity contribution in [2.75, 3.05) is 13.1 Å². The molecule has 1 aliphatic heterocycles. The Balaban J connectivity index is 1.53. The maximum absolute atomic E-state index is 12.4. The molecule has 1 aromatic heterocycles. The number of β-amino-alcohol motifs (C(OH)–C–C–N with tert-alkyl or cyclic N) is 1. The summed E-state index contributed by atoms with van der Waals surface area (Å²) in [6.07, 6.45) is 5.49. The number of benzene rings is 1. The van der Waals surface area contributed by atoms with Crippen LogP contribution in [0.25, 0.3) is 0 Å². The number of nitrogens with zero attached hydrogens (tertiary/aromatic N) is 3. The second-order valence-corrected chi connectivity index (χ2v) is 6.43. The van der Waals surface area contributed by atoms with E-state index in [0.29, 0.717) is 25.8 Å². The van der Waals surface area contributed by atoms with Gasteiger partial charge in [0.1, 0.15) is 11.7 Å². The van der Waals surface area contributed by atoms with Gasteiger partial charge in [0.25, 0.3) is 0 Å². The lowest BCUT2D eigenvalue weighted by atomic mass is 9.88. The van der Waals surface area contributed by atoms with E-state index in [1.165, 1.54) is 0 Å². The Kier molecular flexibility index (Phi) is 4.97. The summed E-state index contributed by atoms with van der Waals surface area (Å²) in [7, 11) is 0. The van der Waals surface area contributed by atoms with Crippen LogP contribution in [0.4, 0.5) is 0 Å². The number of carbonyl (C=O) groups excluding carboxylic acids is 1. The molecule has 2 atom stereocenters. The predicted molar refractivity (Wildman–Crippen MR) is 89.1 cm³/mol. The molecule has 0 aliphatic carbocycles. The number of piperidine rings is 1. The van der Waals surface area contributed by atoms with Gasteiger partial charge < -0.3 is 19.7 Å². The molecular formula is C18H23N3O3. The summed E-state index contributed by atoms with van der Waals surface area (Å²) in [6.45, 7) is 0.898. The summed E-state index contributed by atoms with van der Waals surface area (Å²) in [5.74, 6) is 0.0163. The van der Waals surface area contributed by atoms with E-state index in [4.69, 9.17) is 0 Å². The molecule has 1 fully saturated rings. The lowest BCUT2D eigenvalue weighted by molar-refractivity contribution is -0.152. The molecule has 128 valence electrons. The standard InChI is InChI=1S/C18H23N3O3/c22-16-12-21(17(23)7-6-15-4-2-1-3-5-15)10-8-18(16,24)13-20-11-9-19-14-20/h1-5,9,11,14,16,22,24H,6-8,10,12-13H2/t16-,18-/m0/s1. The van der Waals surface area contributed by atoms with Crippen LogP contribution in [0.1, 0.15) is 18.4 Å². The van der Waals surface area contributed by atoms with Gasteiger partial charge >= 0.3 is 0 Å². The number of aromatic nitrogens is 2. The molecule has 0 radical (unpaired) electrons. The maximum atomic E-state index is 12.4. The lowest BCUT2D eigenvalue weighted by Gasteiger charge is -2.42. The number of imidazole rings is 1. The van der Waals surface area contributed by atoms with Gasteiger partial charge in [0.2, 0.25) is 5.91 Å². The summed E-state index contributed by atoms with van der Waals surface area (Å²) in [5.41, 5.74) is -0.100. The van der Waals surface area contributed by atoms with Crippen LogP contribution < -0.4 is 0 Å². The average Bonchev–Trinajstić information content (AvgIpc) is 3.09. The first kappa shape index (κ1) is 16.7. The van der Waals surface area contributed by atoms with Crippen molar-refractivity contribution in [3.8, 4) is 0 Å². The van der Waals surface area contributed by atoms with E-state index in [-0.39, 0.29) is 19.0 Å². The van der Waals surface area contributed by atoms with E-state index < -0.39 is 11.7 Å². The molecule has 2 N–H and O–H groups in total. The minimum Gasteiger partial charge on any atom is -0.388 e. The van der Waals surface area contributed by atoms with Gasteiger partial charge in [-0.15, -0.1) is 0 Å². The average molecular weight is 329 g/mol. The number of rotatable bonds is 5. The minimum atomic E-state index is -1.23. The van der Waals surface area contributed by atoms with Crippen molar-refractivity contribution in [2.24, 2.45) is 0 Å². The predicted octanol–water partition coefficient (Wildman–Crippen LogP) is 0.840. The van der Waals surface area contributed by atoms with Crippen LogP contribution in [0, 0.1) is 0 Å². The third kappa shape index (κ3) is 3.83. The highest BCUT2D eigenvalue weighted by Gasteiger charge is 2.41. The quantitative estimate of drug-likeness (QED) is 0.852. The molecule has 0 unspecified atom stereocenters. The number of aryl methyl sites for hydroxylation is 1. The Hall–Kier alpha value is -2.18. The monoisotopic (exact) mass is 329 g/mol. The van der Waals surface area contributed by atoms with Crippen LogP contribution in [0.5, 0.6) is 0 Å². The van der Waals surface area contributed by atoms with Crippen LogP contribution >= 0.6 is 0 Å². The molecule has 6 nitrogen and oxygen atoms in total. The fourth-order valence-electron chi connectivity index (χ4n) is 3.13. The van der Waals surface area contributed by atoms with Crippen molar-refractivity contribution in [3.05, 3.63) is 54.6 Å². The fourth-order valence-corrected chi connectivity index (χ4v) is 3.13. The SMILES string of the molecule is O=C(CCc1ccccc1)N1CC[C@](O)(Cn2ccnc2)[C@@H](O)C1. The summed E-state index contributed by atoms with van der Waals surface area (Å²) in [6, 6.07) is 9.87. The molecule has 0 spiro atoms. The van der Waals surface area contributed by atoms with E-state index >= 15 is 0 Å². The van der Waals surface area contributed by atoms with Crippen LogP contribution in [-0.2, 0) is 17.8 Å². The zero-order valence-corrected chi connectivity index (χ0v) is 13.6. The first-order valence-corrected chi connectivity index (χ1v) is 8.25. The van der Waals surface area contributed by atoms with Gasteiger partial charge in [-0.05, 0) is 18.4 Å². The van der Waals surface area contributed by atoms with Gasteiger partial charge in [-0.1, -0.05) is 30.3 Å². The van der Waals surface area contributed by atoms with Gasteiger partial charge in [0.15, 0.2) is 0 Å². The second-order valence-electron chi connectivity index (χ2n) is 6.43. The lowest BCUT2D eigenvalue weighted by Crippen LogP contribution is -2.58. The Labute approximate surface area is 141 Å². The number of amides is 1. The smallest absolute Gasteiger partial charge is 0.222 e. The third-order valence-corrected chi connectivity index (χ3v) is 4.67. The summed E-state index contributed by atoms with van der Waals surface area (Å²) >= 11 is 0. The zero-order chi connectivity index (χ0) is 17.0. The first-order chi connectivity index (χ1) is 11.6. The van der Waals surface area contributed by atoms with Crippen molar-refractivity contribution in [2.45, 2.75) is 37.5 Å². The third-order valence-electron chi connectivity index (χ3n) is 4.67. The Morgan fingerprint density at radius 3 is 2.79 bits per heavy atom. The summed E-state index contributed by atoms with van der Waals surface area (Å²) in [4.78, 5) is 18.0. The molecule has 2 aromatic rings. The summed E-state index contributed by atoms with van der Waals surface area (Å²) in [5, 5.41) is 21.0. The Bertz CT molecular complexity index is 659. The fraction of sp³-hybridized carbons (Fsp3) is 0.444. The second kappa shape index (κ2) is 7.15. The van der Waals surface area contributed by atoms with E-state index in [1.54, 1.807) is 28.2 Å². The molecule has 2 heterocycles. The number of hydrogen-bond donors (Lipinski definition) is 2. The molecule has 1 amide bonds. The zero-order valence-electron chi connectivity index (χ0n) is 13.6. The van der Waals surface area contributed by atoms with Crippen molar-refractivity contribution in [1.82, 2.24) is 14.5 Å². The first-order valence-electron chi connectivity index (χ1n) is 8.25. The van der Waals surface area contributed by atoms with E-state index in [0.717, 1.165) is 5.56 Å². The molecule has 3 rings (SSSR count). The van der Waals surface area contributed by atoms with Gasteiger partial charge in [-0.3, -0.25) is 4.79 Å². The number of carbonyl (C=O) groups is 1. The van der Waals surface area contributed by atoms with Gasteiger partial charge in [0.05, 0.1) is 12.9 Å². The topological polar surface area (TPSA) is 78.6 Å². The highest BCUT2D eigenvalue weighted by atomic mass is 16.3. The molecule has 0 bridgehead atoms. The molecule has 1 aromatic carbocycles. The maximum Gasteiger partial charge on any atom is 0.222 e. The molecule has 0 saturated carbocycles. The van der Waals surface area contributed by atoms with Crippen LogP contribution in [0.2, 0.25) is 0 Å². The van der Waals surface area contributed by atoms with E-state index in [1.807, 2.05) is 30.3 Å². The highest BCUT2D eigenvalue weighted by molar-refractivity contribution is 5.76. The molecule has 6 heteroatoms. The molecular weight excluding hydrogens is 306 g/mol. The number of likely N-dealkylation sites (tertiary alicyclic amines) is 1. The van der Waals surface area contributed by atoms with Gasteiger partial charge in [0, 0.05) is 31.9 Å². The van der Waals surface area contributed by atoms with Crippen LogP contribution in [0.15, 0.2) is 49.1 Å². The summed E-state index contributed by atoms with van der Waals surface area (Å²) < 4.78 is 1.75. The van der Waals surface area contributed by atoms with E-state index in [2.05, 4.69) is 4.98 Å². The number of aliphatic hydroxyl groups excluding tert-OH is 1. The number of hydrogen-bond acceptors (Lipinski definition) is 4. The van der Waals surface area contributed by atoms with Crippen molar-refractivity contribution in [1.29, 1.82) is 0 Å². The Morgan fingerprint density at radius 2 is 2.12 bits per heavy atom. The largest absolute Gasteiger partial charge is 0.388 e. The van der Waals surface area contributed by atoms with Crippen molar-refractivity contribution in [3.63, 3.8) is 0 Å². The van der Waals surface area contributed by atoms with Crippen LogP contribution in [0.3, 0.4) is 0 Å². The van der Waals surface area contributed by atoms with Gasteiger partial charge in [-0.2, -0.15) is 0 Å². The molecule has 1 aliphatic rings. The van der Waals surface area contributed by atoms with Crippen molar-refractivity contribution >= 4 is 5.91 Å². The number of aliphatic hydroxyl groups is 2. The molecule has 1 saturated heterocycles. The normalized spacial score (nSPS) is 24.1. The minimum absolute atomic E-state index is 0.0163. The van der Waals surface area contributed by atoms with Gasteiger partial charge in [-0.25, -0.2) is 4.98 Å². The Morgan fingerprint density at radius 1 is 1.33 bits per heavy atom. The van der Waals surface area contributed by atoms with Crippen LogP contribution in [-0.4, -0.2) is 55.4 Å². The van der Waals surface area contributed by atoms with Crippen molar-refractivity contribution < 1.29 is 15.0 Å². The van der Waals surface area contributed by atoms with E-state index in [9.17, 15) is 15.0 Å².